The largest absolute Gasteiger partial charge is 0.497 e. The molecule has 0 aliphatic rings. The predicted octanol–water partition coefficient (Wildman–Crippen LogP) is 6.45. The van der Waals surface area contributed by atoms with Crippen molar-refractivity contribution >= 4 is 10.8 Å². The molecule has 0 amide bonds. The van der Waals surface area contributed by atoms with Crippen LogP contribution in [0.2, 0.25) is 0 Å². The Morgan fingerprint density at radius 2 is 1.55 bits per heavy atom. The summed E-state index contributed by atoms with van der Waals surface area (Å²) in [6.07, 6.45) is 1.76. The van der Waals surface area contributed by atoms with Crippen LogP contribution in [0.4, 0.5) is 4.39 Å². The monoisotopic (exact) mass is 418 g/mol. The van der Waals surface area contributed by atoms with Crippen molar-refractivity contribution in [1.82, 2.24) is 0 Å². The molecule has 0 atom stereocenters. The molecule has 1 aromatic heterocycles. The van der Waals surface area contributed by atoms with Gasteiger partial charge in [-0.1, -0.05) is 55.8 Å². The molecule has 0 saturated heterocycles. The molecule has 0 fully saturated rings. The minimum Gasteiger partial charge on any atom is -0.497 e. The number of hydrogen-bond acceptors (Lipinski definition) is 4. The summed E-state index contributed by atoms with van der Waals surface area (Å²) >= 11 is 0. The number of fused-ring (bicyclic) bond motifs is 1. The van der Waals surface area contributed by atoms with Gasteiger partial charge >= 0.3 is 5.63 Å². The van der Waals surface area contributed by atoms with Gasteiger partial charge in [0.05, 0.1) is 13.7 Å². The van der Waals surface area contributed by atoms with E-state index in [0.29, 0.717) is 17.8 Å². The zero-order chi connectivity index (χ0) is 21.8. The van der Waals surface area contributed by atoms with Gasteiger partial charge in [-0.15, -0.1) is 0 Å². The Bertz CT molecular complexity index is 1240. The average Bonchev–Trinajstić information content (AvgIpc) is 2.80. The highest BCUT2D eigenvalue weighted by atomic mass is 19.1. The Hall–Kier alpha value is -3.60. The zero-order valence-corrected chi connectivity index (χ0v) is 17.5. The van der Waals surface area contributed by atoms with E-state index in [1.807, 2.05) is 55.5 Å². The molecule has 0 unspecified atom stereocenters. The van der Waals surface area contributed by atoms with Crippen LogP contribution < -0.4 is 15.1 Å². The van der Waals surface area contributed by atoms with E-state index in [4.69, 9.17) is 13.9 Å². The van der Waals surface area contributed by atoms with Gasteiger partial charge in [-0.3, -0.25) is 0 Å². The lowest BCUT2D eigenvalue weighted by Crippen LogP contribution is -2.06. The van der Waals surface area contributed by atoms with Gasteiger partial charge in [0.15, 0.2) is 11.6 Å². The molecule has 0 N–H and O–H groups in total. The fraction of sp³-hybridized carbons (Fsp3) is 0.192. The molecule has 0 aliphatic heterocycles. The molecule has 4 rings (SSSR count). The van der Waals surface area contributed by atoms with E-state index in [-0.39, 0.29) is 11.1 Å². The summed E-state index contributed by atoms with van der Waals surface area (Å²) in [4.78, 5) is 12.6. The molecule has 1 heterocycles. The van der Waals surface area contributed by atoms with Crippen molar-refractivity contribution in [2.75, 3.05) is 13.7 Å². The van der Waals surface area contributed by atoms with Gasteiger partial charge in [0.1, 0.15) is 16.9 Å². The predicted molar refractivity (Wildman–Crippen MR) is 120 cm³/mol. The Morgan fingerprint density at radius 1 is 0.903 bits per heavy atom. The SMILES string of the molecule is CCCCOc1ccc2cc(-c3ccc(-c4ccc(OC)cc4)cc3)oc(=O)c2c1F. The lowest BCUT2D eigenvalue weighted by Gasteiger charge is -2.09. The first-order valence-corrected chi connectivity index (χ1v) is 10.2. The van der Waals surface area contributed by atoms with Gasteiger partial charge < -0.3 is 13.9 Å². The van der Waals surface area contributed by atoms with Crippen LogP contribution in [0.25, 0.3) is 33.2 Å². The van der Waals surface area contributed by atoms with Gasteiger partial charge in [-0.25, -0.2) is 9.18 Å². The number of methoxy groups -OCH3 is 1. The molecule has 31 heavy (non-hydrogen) atoms. The smallest absolute Gasteiger partial charge is 0.347 e. The van der Waals surface area contributed by atoms with Gasteiger partial charge in [0, 0.05) is 5.56 Å². The number of rotatable bonds is 7. The third-order valence-electron chi connectivity index (χ3n) is 5.18. The highest BCUT2D eigenvalue weighted by Crippen LogP contribution is 2.30. The Labute approximate surface area is 179 Å². The highest BCUT2D eigenvalue weighted by molar-refractivity contribution is 5.86. The van der Waals surface area contributed by atoms with E-state index in [1.165, 1.54) is 0 Å². The summed E-state index contributed by atoms with van der Waals surface area (Å²) in [6, 6.07) is 20.3. The van der Waals surface area contributed by atoms with Crippen LogP contribution in [0.5, 0.6) is 11.5 Å². The molecule has 4 aromatic rings. The van der Waals surface area contributed by atoms with Crippen molar-refractivity contribution in [3.8, 4) is 33.9 Å². The second-order valence-corrected chi connectivity index (χ2v) is 7.25. The fourth-order valence-electron chi connectivity index (χ4n) is 3.41. The first-order chi connectivity index (χ1) is 15.1. The first-order valence-electron chi connectivity index (χ1n) is 10.2. The van der Waals surface area contributed by atoms with Crippen LogP contribution in [-0.2, 0) is 0 Å². The molecule has 158 valence electrons. The van der Waals surface area contributed by atoms with Crippen molar-refractivity contribution in [2.45, 2.75) is 19.8 Å². The maximum absolute atomic E-state index is 14.8. The second kappa shape index (κ2) is 9.04. The molecule has 5 heteroatoms. The van der Waals surface area contributed by atoms with Crippen LogP contribution in [0.15, 0.2) is 75.9 Å². The number of ether oxygens (including phenoxy) is 2. The summed E-state index contributed by atoms with van der Waals surface area (Å²) < 4.78 is 30.9. The zero-order valence-electron chi connectivity index (χ0n) is 17.5. The topological polar surface area (TPSA) is 48.7 Å². The van der Waals surface area contributed by atoms with E-state index in [1.54, 1.807) is 25.3 Å². The summed E-state index contributed by atoms with van der Waals surface area (Å²) in [7, 11) is 1.63. The van der Waals surface area contributed by atoms with Gasteiger partial charge in [-0.05, 0) is 47.2 Å². The molecule has 0 spiro atoms. The first kappa shape index (κ1) is 20.7. The third-order valence-corrected chi connectivity index (χ3v) is 5.18. The Morgan fingerprint density at radius 3 is 2.19 bits per heavy atom. The van der Waals surface area contributed by atoms with Crippen molar-refractivity contribution in [2.24, 2.45) is 0 Å². The average molecular weight is 418 g/mol. The van der Waals surface area contributed by atoms with Crippen LogP contribution in [0.3, 0.4) is 0 Å². The van der Waals surface area contributed by atoms with Crippen molar-refractivity contribution in [3.63, 3.8) is 0 Å². The maximum atomic E-state index is 14.8. The van der Waals surface area contributed by atoms with Gasteiger partial charge in [-0.2, -0.15) is 0 Å². The van der Waals surface area contributed by atoms with Crippen LogP contribution in [0.1, 0.15) is 19.8 Å². The Balaban J connectivity index is 1.65. The van der Waals surface area contributed by atoms with E-state index < -0.39 is 11.4 Å². The number of hydrogen-bond donors (Lipinski definition) is 0. The van der Waals surface area contributed by atoms with E-state index in [2.05, 4.69) is 0 Å². The summed E-state index contributed by atoms with van der Waals surface area (Å²) in [5.74, 6) is 0.580. The fourth-order valence-corrected chi connectivity index (χ4v) is 3.41. The minimum absolute atomic E-state index is 0.0739. The highest BCUT2D eigenvalue weighted by Gasteiger charge is 2.15. The number of benzene rings is 3. The Kier molecular flexibility index (Phi) is 6.03. The van der Waals surface area contributed by atoms with Crippen LogP contribution in [-0.4, -0.2) is 13.7 Å². The molecule has 0 bridgehead atoms. The quantitative estimate of drug-likeness (QED) is 0.324. The summed E-state index contributed by atoms with van der Waals surface area (Å²) in [5, 5.41) is 0.387. The van der Waals surface area contributed by atoms with E-state index in [9.17, 15) is 9.18 Å². The number of unbranched alkanes of at least 4 members (excludes halogenated alkanes) is 1. The lowest BCUT2D eigenvalue weighted by molar-refractivity contribution is 0.295. The molecule has 4 nitrogen and oxygen atoms in total. The maximum Gasteiger partial charge on any atom is 0.347 e. The van der Waals surface area contributed by atoms with Crippen molar-refractivity contribution in [3.05, 3.63) is 83.0 Å². The molecule has 3 aromatic carbocycles. The van der Waals surface area contributed by atoms with Crippen molar-refractivity contribution < 1.29 is 18.3 Å². The normalized spacial score (nSPS) is 10.9. The molecule has 0 radical (unpaired) electrons. The van der Waals surface area contributed by atoms with Crippen molar-refractivity contribution in [1.29, 1.82) is 0 Å². The minimum atomic E-state index is -0.717. The van der Waals surface area contributed by atoms with E-state index >= 15 is 0 Å². The molecular weight excluding hydrogens is 395 g/mol. The van der Waals surface area contributed by atoms with Crippen LogP contribution in [0, 0.1) is 5.82 Å². The molecular formula is C26H23FO4. The molecule has 0 saturated carbocycles. The summed E-state index contributed by atoms with van der Waals surface area (Å²) in [6.45, 7) is 2.43. The number of halogens is 1. The van der Waals surface area contributed by atoms with Gasteiger partial charge in [0.25, 0.3) is 0 Å². The third kappa shape index (κ3) is 4.31. The molecule has 0 aliphatic carbocycles. The lowest BCUT2D eigenvalue weighted by atomic mass is 10.0. The summed E-state index contributed by atoms with van der Waals surface area (Å²) in [5.41, 5.74) is 2.09. The van der Waals surface area contributed by atoms with E-state index in [0.717, 1.165) is 35.3 Å². The van der Waals surface area contributed by atoms with Crippen LogP contribution >= 0.6 is 0 Å². The standard InChI is InChI=1S/C26H23FO4/c1-3-4-15-30-22-14-11-20-16-23(31-26(28)24(20)25(22)27)19-7-5-17(6-8-19)18-9-12-21(29-2)13-10-18/h5-14,16H,3-4,15H2,1-2H3. The second-order valence-electron chi connectivity index (χ2n) is 7.25. The van der Waals surface area contributed by atoms with Gasteiger partial charge in [0.2, 0.25) is 0 Å².